The Labute approximate surface area is 121 Å². The smallest absolute Gasteiger partial charge is 0.161 e. The van der Waals surface area contributed by atoms with Gasteiger partial charge in [-0.25, -0.2) is 0 Å². The summed E-state index contributed by atoms with van der Waals surface area (Å²) in [7, 11) is -1.01. The molecule has 0 unspecified atom stereocenters. The number of Topliss-reactive ketones (excluding diaryl/α,β-unsaturated/α-hetero) is 1. The van der Waals surface area contributed by atoms with Crippen molar-refractivity contribution >= 4 is 28.3 Å². The van der Waals surface area contributed by atoms with E-state index in [4.69, 9.17) is 0 Å². The Kier molecular flexibility index (Phi) is 5.22. The van der Waals surface area contributed by atoms with E-state index in [0.717, 1.165) is 18.6 Å². The molecule has 2 atom stereocenters. The van der Waals surface area contributed by atoms with E-state index in [9.17, 15) is 9.00 Å². The van der Waals surface area contributed by atoms with Crippen LogP contribution in [0.15, 0.2) is 30.3 Å². The van der Waals surface area contributed by atoms with Gasteiger partial charge in [0.25, 0.3) is 0 Å². The third kappa shape index (κ3) is 3.29. The fourth-order valence-corrected chi connectivity index (χ4v) is 6.13. The van der Waals surface area contributed by atoms with Crippen molar-refractivity contribution in [1.29, 1.82) is 0 Å². The quantitative estimate of drug-likeness (QED) is 0.837. The molecule has 0 amide bonds. The van der Waals surface area contributed by atoms with Crippen molar-refractivity contribution in [2.45, 2.75) is 36.7 Å². The summed E-state index contributed by atoms with van der Waals surface area (Å²) in [5.74, 6) is 1.80. The third-order valence-electron chi connectivity index (χ3n) is 3.55. The van der Waals surface area contributed by atoms with Crippen molar-refractivity contribution in [1.82, 2.24) is 0 Å². The predicted molar refractivity (Wildman–Crippen MR) is 82.9 cm³/mol. The van der Waals surface area contributed by atoms with E-state index in [2.05, 4.69) is 0 Å². The second kappa shape index (κ2) is 6.71. The highest BCUT2D eigenvalue weighted by atomic mass is 32.2. The van der Waals surface area contributed by atoms with E-state index in [1.807, 2.05) is 37.3 Å². The van der Waals surface area contributed by atoms with Crippen molar-refractivity contribution < 1.29 is 9.00 Å². The van der Waals surface area contributed by atoms with Crippen LogP contribution in [0.2, 0.25) is 0 Å². The number of rotatable bonds is 5. The van der Waals surface area contributed by atoms with Gasteiger partial charge in [0.2, 0.25) is 0 Å². The molecule has 4 heteroatoms. The first kappa shape index (κ1) is 14.8. The van der Waals surface area contributed by atoms with Gasteiger partial charge in [0.05, 0.1) is 0 Å². The summed E-state index contributed by atoms with van der Waals surface area (Å²) in [6.45, 7) is 1.98. The van der Waals surface area contributed by atoms with Gasteiger partial charge >= 0.3 is 0 Å². The molecule has 104 valence electrons. The van der Waals surface area contributed by atoms with Crippen LogP contribution in [0.5, 0.6) is 0 Å². The third-order valence-corrected chi connectivity index (χ3v) is 7.85. The number of benzene rings is 1. The van der Waals surface area contributed by atoms with Crippen LogP contribution in [0.1, 0.15) is 31.7 Å². The minimum atomic E-state index is -1.01. The average Bonchev–Trinajstić information content (AvgIpc) is 2.46. The molecule has 1 heterocycles. The lowest BCUT2D eigenvalue weighted by Crippen LogP contribution is -2.43. The molecule has 0 aromatic heterocycles. The maximum atomic E-state index is 12.5. The molecule has 0 aliphatic carbocycles. The van der Waals surface area contributed by atoms with Gasteiger partial charge in [-0.05, 0) is 30.6 Å². The number of thioether (sulfide) groups is 1. The summed E-state index contributed by atoms with van der Waals surface area (Å²) in [5.41, 5.74) is 1.17. The van der Waals surface area contributed by atoms with Crippen LogP contribution in [-0.2, 0) is 22.0 Å². The van der Waals surface area contributed by atoms with Gasteiger partial charge in [-0.2, -0.15) is 0 Å². The first-order chi connectivity index (χ1) is 9.19. The molecule has 2 nitrogen and oxygen atoms in total. The molecule has 0 N–H and O–H groups in total. The zero-order valence-corrected chi connectivity index (χ0v) is 12.9. The van der Waals surface area contributed by atoms with Crippen LogP contribution in [0, 0.1) is 0 Å². The summed E-state index contributed by atoms with van der Waals surface area (Å²) < 4.78 is 11.6. The Hall–Kier alpha value is -0.610. The molecule has 0 saturated carbocycles. The van der Waals surface area contributed by atoms with Crippen LogP contribution in [0.4, 0.5) is 0 Å². The lowest BCUT2D eigenvalue weighted by atomic mass is 10.0. The van der Waals surface area contributed by atoms with Crippen LogP contribution >= 0.6 is 11.8 Å². The minimum absolute atomic E-state index is 0.168. The van der Waals surface area contributed by atoms with E-state index >= 15 is 0 Å². The summed E-state index contributed by atoms with van der Waals surface area (Å²) in [6, 6.07) is 10.0. The van der Waals surface area contributed by atoms with Crippen LogP contribution < -0.4 is 0 Å². The van der Waals surface area contributed by atoms with E-state index in [1.165, 1.54) is 5.56 Å². The molecule has 1 saturated heterocycles. The average molecular weight is 296 g/mol. The lowest BCUT2D eigenvalue weighted by molar-refractivity contribution is -0.119. The lowest BCUT2D eigenvalue weighted by Gasteiger charge is -2.33. The number of hydrogen-bond donors (Lipinski definition) is 0. The second-order valence-corrected chi connectivity index (χ2v) is 8.22. The first-order valence-electron chi connectivity index (χ1n) is 6.78. The number of hydrogen-bond acceptors (Lipinski definition) is 3. The number of carbonyl (C=O) groups excluding carboxylic acids is 1. The molecule has 0 bridgehead atoms. The zero-order valence-electron chi connectivity index (χ0n) is 11.3. The molecular weight excluding hydrogens is 276 g/mol. The largest absolute Gasteiger partial charge is 0.297 e. The summed E-state index contributed by atoms with van der Waals surface area (Å²) in [5, 5.41) is 0. The monoisotopic (exact) mass is 296 g/mol. The summed E-state index contributed by atoms with van der Waals surface area (Å²) in [4.78, 5) is 12.5. The van der Waals surface area contributed by atoms with E-state index in [0.29, 0.717) is 18.6 Å². The van der Waals surface area contributed by atoms with Gasteiger partial charge in [-0.15, -0.1) is 11.8 Å². The SMILES string of the molecule is CC[C@@]1(C(=O)CCc2ccccc2)SCCC[S@@]1=O. The van der Waals surface area contributed by atoms with Crippen molar-refractivity contribution in [2.24, 2.45) is 0 Å². The normalized spacial score (nSPS) is 27.1. The number of ketones is 1. The maximum absolute atomic E-state index is 12.5. The Morgan fingerprint density at radius 1 is 1.37 bits per heavy atom. The second-order valence-electron chi connectivity index (χ2n) is 4.77. The Bertz CT molecular complexity index is 458. The Morgan fingerprint density at radius 3 is 2.74 bits per heavy atom. The number of aryl methyl sites for hydroxylation is 1. The molecule has 2 rings (SSSR count). The van der Waals surface area contributed by atoms with Crippen LogP contribution in [0.3, 0.4) is 0 Å². The summed E-state index contributed by atoms with van der Waals surface area (Å²) in [6.07, 6.45) is 2.89. The van der Waals surface area contributed by atoms with Crippen molar-refractivity contribution in [3.8, 4) is 0 Å². The van der Waals surface area contributed by atoms with Crippen LogP contribution in [0.25, 0.3) is 0 Å². The Morgan fingerprint density at radius 2 is 2.11 bits per heavy atom. The Balaban J connectivity index is 2.03. The minimum Gasteiger partial charge on any atom is -0.297 e. The molecule has 1 aliphatic heterocycles. The molecule has 0 radical (unpaired) electrons. The fourth-order valence-electron chi connectivity index (χ4n) is 2.42. The van der Waals surface area contributed by atoms with Crippen molar-refractivity contribution in [3.05, 3.63) is 35.9 Å². The highest BCUT2D eigenvalue weighted by molar-refractivity contribution is 8.14. The zero-order chi connectivity index (χ0) is 13.7. The molecule has 1 aliphatic rings. The predicted octanol–water partition coefficient (Wildman–Crippen LogP) is 3.18. The van der Waals surface area contributed by atoms with Crippen LogP contribution in [-0.4, -0.2) is 25.6 Å². The van der Waals surface area contributed by atoms with E-state index < -0.39 is 14.9 Å². The fraction of sp³-hybridized carbons (Fsp3) is 0.533. The van der Waals surface area contributed by atoms with E-state index in [-0.39, 0.29) is 5.78 Å². The van der Waals surface area contributed by atoms with Crippen molar-refractivity contribution in [2.75, 3.05) is 11.5 Å². The highest BCUT2D eigenvalue weighted by Crippen LogP contribution is 2.39. The maximum Gasteiger partial charge on any atom is 0.161 e. The number of carbonyl (C=O) groups is 1. The van der Waals surface area contributed by atoms with Gasteiger partial charge in [0, 0.05) is 23.0 Å². The first-order valence-corrected chi connectivity index (χ1v) is 9.09. The molecule has 0 spiro atoms. The highest BCUT2D eigenvalue weighted by Gasteiger charge is 2.44. The van der Waals surface area contributed by atoms with Gasteiger partial charge in [0.1, 0.15) is 4.08 Å². The summed E-state index contributed by atoms with van der Waals surface area (Å²) >= 11 is 1.61. The van der Waals surface area contributed by atoms with Gasteiger partial charge in [-0.1, -0.05) is 37.3 Å². The molecule has 1 aromatic rings. The molecule has 1 aromatic carbocycles. The standard InChI is InChI=1S/C15H20O2S2/c1-2-15(18-11-6-12-19(15)17)14(16)10-9-13-7-4-3-5-8-13/h3-5,7-8H,2,6,9-12H2,1H3/t15-,19+/m1/s1. The molecular formula is C15H20O2S2. The molecule has 1 fully saturated rings. The van der Waals surface area contributed by atoms with E-state index in [1.54, 1.807) is 11.8 Å². The van der Waals surface area contributed by atoms with Gasteiger partial charge in [-0.3, -0.25) is 9.00 Å². The van der Waals surface area contributed by atoms with Crippen molar-refractivity contribution in [3.63, 3.8) is 0 Å². The van der Waals surface area contributed by atoms with Gasteiger partial charge in [0.15, 0.2) is 5.78 Å². The molecule has 19 heavy (non-hydrogen) atoms. The topological polar surface area (TPSA) is 34.1 Å². The van der Waals surface area contributed by atoms with Gasteiger partial charge < -0.3 is 0 Å².